The van der Waals surface area contributed by atoms with Crippen LogP contribution in [-0.4, -0.2) is 13.4 Å². The molecule has 2 aromatic rings. The van der Waals surface area contributed by atoms with Gasteiger partial charge in [0.25, 0.3) is 10.3 Å². The predicted molar refractivity (Wildman–Crippen MR) is 77.6 cm³/mol. The summed E-state index contributed by atoms with van der Waals surface area (Å²) in [7, 11) is -3.09. The van der Waals surface area contributed by atoms with Crippen molar-refractivity contribution in [1.82, 2.24) is 0 Å². The molecule has 0 aliphatic heterocycles. The molecular formula is C14H11O2PS. The van der Waals surface area contributed by atoms with Crippen LogP contribution in [0.15, 0.2) is 66.5 Å². The molecule has 0 fully saturated rings. The van der Waals surface area contributed by atoms with E-state index in [1.165, 1.54) is 0 Å². The van der Waals surface area contributed by atoms with Crippen molar-refractivity contribution in [2.45, 2.75) is 0 Å². The standard InChI is InChI=1S/C14H11O2PS/c15-18(16)12-11-17(13-7-3-1-4-8-13)14-9-5-2-6-10-14/h1-11H. The molecule has 0 bridgehead atoms. The van der Waals surface area contributed by atoms with E-state index in [4.69, 9.17) is 0 Å². The molecule has 0 spiro atoms. The van der Waals surface area contributed by atoms with Gasteiger partial charge in [-0.25, -0.2) is 0 Å². The van der Waals surface area contributed by atoms with Gasteiger partial charge in [-0.2, -0.15) is 8.42 Å². The van der Waals surface area contributed by atoms with Crippen LogP contribution in [0.4, 0.5) is 0 Å². The average molecular weight is 274 g/mol. The Morgan fingerprint density at radius 3 is 1.67 bits per heavy atom. The SMILES string of the molecule is O=S(=O)=C=CP(c1ccccc1)c1ccccc1. The Balaban J connectivity index is 2.52. The molecule has 0 saturated heterocycles. The third-order valence-corrected chi connectivity index (χ3v) is 4.93. The molecule has 4 heteroatoms. The Kier molecular flexibility index (Phi) is 4.49. The second-order valence-corrected chi connectivity index (χ2v) is 6.26. The van der Waals surface area contributed by atoms with Crippen molar-refractivity contribution in [3.63, 3.8) is 0 Å². The molecule has 0 aliphatic rings. The fraction of sp³-hybridized carbons (Fsp3) is 0. The van der Waals surface area contributed by atoms with Crippen LogP contribution in [0.25, 0.3) is 0 Å². The van der Waals surface area contributed by atoms with Crippen molar-refractivity contribution < 1.29 is 8.42 Å². The molecule has 0 radical (unpaired) electrons. The van der Waals surface area contributed by atoms with Gasteiger partial charge in [0.05, 0.1) is 0 Å². The highest BCUT2D eigenvalue weighted by atomic mass is 32.2. The van der Waals surface area contributed by atoms with Crippen LogP contribution in [0.1, 0.15) is 0 Å². The largest absolute Gasteiger partial charge is 0.260 e. The summed E-state index contributed by atoms with van der Waals surface area (Å²) in [5.41, 5.74) is 0. The second kappa shape index (κ2) is 6.32. The number of hydrogen-bond acceptors (Lipinski definition) is 2. The lowest BCUT2D eigenvalue weighted by atomic mass is 10.4. The van der Waals surface area contributed by atoms with E-state index in [1.54, 1.807) is 5.82 Å². The third-order valence-electron chi connectivity index (χ3n) is 2.35. The fourth-order valence-corrected chi connectivity index (χ4v) is 3.92. The lowest BCUT2D eigenvalue weighted by Gasteiger charge is -2.12. The zero-order valence-electron chi connectivity index (χ0n) is 9.52. The minimum Gasteiger partial charge on any atom is -0.176 e. The first kappa shape index (κ1) is 12.8. The maximum absolute atomic E-state index is 10.6. The Morgan fingerprint density at radius 2 is 1.28 bits per heavy atom. The topological polar surface area (TPSA) is 34.1 Å². The van der Waals surface area contributed by atoms with Gasteiger partial charge in [0.15, 0.2) is 0 Å². The zero-order chi connectivity index (χ0) is 12.8. The van der Waals surface area contributed by atoms with E-state index in [9.17, 15) is 8.42 Å². The first-order chi connectivity index (χ1) is 8.77. The smallest absolute Gasteiger partial charge is 0.176 e. The Bertz CT molecular complexity index is 625. The van der Waals surface area contributed by atoms with Gasteiger partial charge in [-0.3, -0.25) is 0 Å². The van der Waals surface area contributed by atoms with E-state index in [1.807, 2.05) is 60.7 Å². The van der Waals surface area contributed by atoms with Crippen LogP contribution >= 0.6 is 7.92 Å². The van der Waals surface area contributed by atoms with Gasteiger partial charge in [0.2, 0.25) is 0 Å². The van der Waals surface area contributed by atoms with Crippen molar-refractivity contribution in [2.24, 2.45) is 0 Å². The molecule has 0 aromatic heterocycles. The predicted octanol–water partition coefficient (Wildman–Crippen LogP) is 1.91. The molecule has 0 heterocycles. The molecule has 0 saturated carbocycles. The molecule has 2 nitrogen and oxygen atoms in total. The first-order valence-corrected chi connectivity index (χ1v) is 7.84. The zero-order valence-corrected chi connectivity index (χ0v) is 11.2. The minimum absolute atomic E-state index is 0.813. The Labute approximate surface area is 109 Å². The van der Waals surface area contributed by atoms with Gasteiger partial charge >= 0.3 is 0 Å². The molecule has 0 atom stereocenters. The molecule has 18 heavy (non-hydrogen) atoms. The maximum atomic E-state index is 10.6. The number of hydrogen-bond donors (Lipinski definition) is 0. The summed E-state index contributed by atoms with van der Waals surface area (Å²) in [6, 6.07) is 19.7. The van der Waals surface area contributed by atoms with E-state index in [-0.39, 0.29) is 0 Å². The Hall–Kier alpha value is -1.66. The Morgan fingerprint density at radius 1 is 0.833 bits per heavy atom. The minimum atomic E-state index is -2.27. The van der Waals surface area contributed by atoms with Crippen LogP contribution in [0.3, 0.4) is 0 Å². The molecule has 0 N–H and O–H groups in total. The van der Waals surface area contributed by atoms with Gasteiger partial charge in [-0.1, -0.05) is 60.7 Å². The van der Waals surface area contributed by atoms with Crippen molar-refractivity contribution in [3.05, 3.63) is 66.5 Å². The fourth-order valence-electron chi connectivity index (χ4n) is 1.57. The van der Waals surface area contributed by atoms with Gasteiger partial charge in [-0.05, 0) is 18.5 Å². The summed E-state index contributed by atoms with van der Waals surface area (Å²) in [6.45, 7) is 0. The maximum Gasteiger partial charge on any atom is 0.260 e. The van der Waals surface area contributed by atoms with Crippen molar-refractivity contribution >= 4 is 33.8 Å². The molecule has 0 unspecified atom stereocenters. The summed E-state index contributed by atoms with van der Waals surface area (Å²) in [5.74, 6) is 1.64. The number of rotatable bonds is 3. The molecule has 90 valence electrons. The molecule has 2 rings (SSSR count). The summed E-state index contributed by atoms with van der Waals surface area (Å²) in [4.78, 5) is 0. The normalized spacial score (nSPS) is 9.83. The first-order valence-electron chi connectivity index (χ1n) is 5.35. The third kappa shape index (κ3) is 3.41. The van der Waals surface area contributed by atoms with E-state index >= 15 is 0 Å². The summed E-state index contributed by atoms with van der Waals surface area (Å²) in [5, 5.41) is 4.58. The van der Waals surface area contributed by atoms with Crippen molar-refractivity contribution in [3.8, 4) is 0 Å². The van der Waals surface area contributed by atoms with Crippen LogP contribution < -0.4 is 10.6 Å². The van der Waals surface area contributed by atoms with Crippen molar-refractivity contribution in [2.75, 3.05) is 0 Å². The summed E-state index contributed by atoms with van der Waals surface area (Å²) >= 11 is 0. The lowest BCUT2D eigenvalue weighted by molar-refractivity contribution is 0.627. The molecular weight excluding hydrogens is 263 g/mol. The van der Waals surface area contributed by atoms with E-state index in [0.717, 1.165) is 10.6 Å². The van der Waals surface area contributed by atoms with Gasteiger partial charge in [0, 0.05) is 10.8 Å². The summed E-state index contributed by atoms with van der Waals surface area (Å²) in [6.07, 6.45) is 0. The van der Waals surface area contributed by atoms with E-state index in [0.29, 0.717) is 0 Å². The van der Waals surface area contributed by atoms with Gasteiger partial charge < -0.3 is 0 Å². The van der Waals surface area contributed by atoms with E-state index < -0.39 is 18.2 Å². The van der Waals surface area contributed by atoms with Crippen molar-refractivity contribution in [1.29, 1.82) is 0 Å². The monoisotopic (exact) mass is 274 g/mol. The number of benzene rings is 2. The second-order valence-electron chi connectivity index (χ2n) is 3.52. The highest BCUT2D eigenvalue weighted by Crippen LogP contribution is 2.33. The quantitative estimate of drug-likeness (QED) is 0.633. The van der Waals surface area contributed by atoms with Crippen LogP contribution in [-0.2, 0) is 10.3 Å². The highest BCUT2D eigenvalue weighted by molar-refractivity contribution is 7.78. The van der Waals surface area contributed by atoms with Crippen LogP contribution in [0.5, 0.6) is 0 Å². The average Bonchev–Trinajstić information content (AvgIpc) is 2.41. The summed E-state index contributed by atoms with van der Waals surface area (Å²) < 4.78 is 21.3. The van der Waals surface area contributed by atoms with Crippen LogP contribution in [0.2, 0.25) is 0 Å². The highest BCUT2D eigenvalue weighted by Gasteiger charge is 2.09. The van der Waals surface area contributed by atoms with Gasteiger partial charge in [-0.15, -0.1) is 0 Å². The van der Waals surface area contributed by atoms with Crippen LogP contribution in [0, 0.1) is 0 Å². The molecule has 0 amide bonds. The van der Waals surface area contributed by atoms with E-state index in [2.05, 4.69) is 5.02 Å². The van der Waals surface area contributed by atoms with Gasteiger partial charge in [0.1, 0.15) is 0 Å². The molecule has 2 aromatic carbocycles. The lowest BCUT2D eigenvalue weighted by Crippen LogP contribution is -2.09. The molecule has 0 aliphatic carbocycles.